The molecule has 1 aromatic heterocycles. The molecule has 0 radical (unpaired) electrons. The normalized spacial score (nSPS) is 11.7. The van der Waals surface area contributed by atoms with Crippen LogP contribution in [0.1, 0.15) is 0 Å². The molecule has 0 saturated carbocycles. The van der Waals surface area contributed by atoms with Crippen LogP contribution in [0.15, 0.2) is 140 Å². The molecule has 178 valence electrons. The molecule has 0 amide bonds. The minimum absolute atomic E-state index is 1.16. The number of benzene rings is 7. The summed E-state index contributed by atoms with van der Waals surface area (Å²) in [5, 5.41) is 10.2. The third-order valence-electron chi connectivity index (χ3n) is 7.62. The van der Waals surface area contributed by atoms with Gasteiger partial charge in [-0.1, -0.05) is 109 Å². The average molecular weight is 502 g/mol. The lowest BCUT2D eigenvalue weighted by Gasteiger charge is -2.28. The summed E-state index contributed by atoms with van der Waals surface area (Å²) < 4.78 is 2.70. The Morgan fingerprint density at radius 3 is 1.68 bits per heavy atom. The molecule has 0 unspecified atom stereocenters. The minimum atomic E-state index is 1.16. The van der Waals surface area contributed by atoms with Gasteiger partial charge in [0.05, 0.1) is 11.4 Å². The fraction of sp³-hybridized carbons (Fsp3) is 0. The number of rotatable bonds is 3. The second-order valence-electron chi connectivity index (χ2n) is 9.78. The van der Waals surface area contributed by atoms with Crippen LogP contribution in [-0.4, -0.2) is 0 Å². The number of nitrogens with zero attached hydrogens (tertiary/aromatic N) is 1. The molecule has 8 aromatic rings. The van der Waals surface area contributed by atoms with Crippen molar-refractivity contribution in [1.82, 2.24) is 0 Å². The van der Waals surface area contributed by atoms with E-state index in [1.165, 1.54) is 63.9 Å². The predicted octanol–water partition coefficient (Wildman–Crippen LogP) is 11.0. The summed E-state index contributed by atoms with van der Waals surface area (Å²) in [4.78, 5) is 2.43. The maximum absolute atomic E-state index is 2.43. The van der Waals surface area contributed by atoms with Gasteiger partial charge in [0.15, 0.2) is 0 Å². The molecule has 1 nitrogen and oxygen atoms in total. The summed E-state index contributed by atoms with van der Waals surface area (Å²) in [5.74, 6) is 0. The van der Waals surface area contributed by atoms with Crippen LogP contribution in [0.4, 0.5) is 17.1 Å². The van der Waals surface area contributed by atoms with E-state index in [9.17, 15) is 0 Å². The van der Waals surface area contributed by atoms with Crippen molar-refractivity contribution in [2.45, 2.75) is 0 Å². The van der Waals surface area contributed by atoms with Gasteiger partial charge in [-0.15, -0.1) is 11.3 Å². The standard InChI is InChI=1S/C36H23NS/c1-3-13-28-24(9-1)11-7-16-33(28)37(34-17-8-12-25-10-2-4-14-29(25)34)27-20-22-30-26(23-27)19-21-32-31-15-5-6-18-35(31)38-36(30)32/h1-23H. The van der Waals surface area contributed by atoms with Crippen molar-refractivity contribution in [2.24, 2.45) is 0 Å². The number of fused-ring (bicyclic) bond motifs is 7. The van der Waals surface area contributed by atoms with Crippen molar-refractivity contribution < 1.29 is 0 Å². The Kier molecular flexibility index (Phi) is 4.76. The Morgan fingerprint density at radius 1 is 0.395 bits per heavy atom. The smallest absolute Gasteiger partial charge is 0.0540 e. The lowest BCUT2D eigenvalue weighted by Crippen LogP contribution is -2.11. The molecule has 38 heavy (non-hydrogen) atoms. The highest BCUT2D eigenvalue weighted by Gasteiger charge is 2.18. The largest absolute Gasteiger partial charge is 0.309 e. The Morgan fingerprint density at radius 2 is 0.974 bits per heavy atom. The van der Waals surface area contributed by atoms with Crippen LogP contribution < -0.4 is 4.90 Å². The maximum Gasteiger partial charge on any atom is 0.0540 e. The van der Waals surface area contributed by atoms with Gasteiger partial charge in [0, 0.05) is 36.6 Å². The first-order valence-electron chi connectivity index (χ1n) is 12.9. The van der Waals surface area contributed by atoms with Gasteiger partial charge in [-0.3, -0.25) is 0 Å². The Balaban J connectivity index is 1.42. The van der Waals surface area contributed by atoms with Crippen LogP contribution in [0.25, 0.3) is 52.5 Å². The number of hydrogen-bond acceptors (Lipinski definition) is 2. The van der Waals surface area contributed by atoms with Crippen molar-refractivity contribution in [3.63, 3.8) is 0 Å². The molecular weight excluding hydrogens is 478 g/mol. The molecule has 7 aromatic carbocycles. The highest BCUT2D eigenvalue weighted by molar-refractivity contribution is 7.26. The van der Waals surface area contributed by atoms with E-state index in [0.717, 1.165) is 5.69 Å². The van der Waals surface area contributed by atoms with E-state index in [4.69, 9.17) is 0 Å². The lowest BCUT2D eigenvalue weighted by atomic mass is 10.0. The molecule has 0 atom stereocenters. The van der Waals surface area contributed by atoms with Crippen LogP contribution in [0.2, 0.25) is 0 Å². The Bertz CT molecular complexity index is 2060. The van der Waals surface area contributed by atoms with Gasteiger partial charge in [0.1, 0.15) is 0 Å². The zero-order valence-electron chi connectivity index (χ0n) is 20.6. The molecule has 8 rings (SSSR count). The first kappa shape index (κ1) is 21.4. The molecule has 0 aliphatic carbocycles. The van der Waals surface area contributed by atoms with Gasteiger partial charge in [-0.05, 0) is 51.9 Å². The summed E-state index contributed by atoms with van der Waals surface area (Å²) in [6.07, 6.45) is 0. The van der Waals surface area contributed by atoms with E-state index in [1.807, 2.05) is 11.3 Å². The van der Waals surface area contributed by atoms with Crippen molar-refractivity contribution >= 4 is 80.9 Å². The fourth-order valence-electron chi connectivity index (χ4n) is 5.85. The van der Waals surface area contributed by atoms with Gasteiger partial charge in [0.2, 0.25) is 0 Å². The van der Waals surface area contributed by atoms with Crippen molar-refractivity contribution in [3.05, 3.63) is 140 Å². The second kappa shape index (κ2) is 8.44. The van der Waals surface area contributed by atoms with Crippen LogP contribution in [0.5, 0.6) is 0 Å². The van der Waals surface area contributed by atoms with E-state index < -0.39 is 0 Å². The van der Waals surface area contributed by atoms with Crippen LogP contribution in [0, 0.1) is 0 Å². The molecule has 0 bridgehead atoms. The second-order valence-corrected chi connectivity index (χ2v) is 10.8. The van der Waals surface area contributed by atoms with Crippen molar-refractivity contribution in [1.29, 1.82) is 0 Å². The van der Waals surface area contributed by atoms with Gasteiger partial charge in [0.25, 0.3) is 0 Å². The van der Waals surface area contributed by atoms with Crippen molar-refractivity contribution in [2.75, 3.05) is 4.90 Å². The summed E-state index contributed by atoms with van der Waals surface area (Å²) in [6, 6.07) is 50.8. The van der Waals surface area contributed by atoms with Gasteiger partial charge >= 0.3 is 0 Å². The van der Waals surface area contributed by atoms with Crippen LogP contribution in [-0.2, 0) is 0 Å². The van der Waals surface area contributed by atoms with Crippen LogP contribution in [0.3, 0.4) is 0 Å². The molecule has 0 aliphatic rings. The monoisotopic (exact) mass is 501 g/mol. The SMILES string of the molecule is c1ccc2c(N(c3ccc4c(ccc5c6ccccc6sc45)c3)c3cccc4ccccc34)cccc2c1. The summed E-state index contributed by atoms with van der Waals surface area (Å²) in [7, 11) is 0. The molecule has 0 aliphatic heterocycles. The molecule has 0 fully saturated rings. The van der Waals surface area contributed by atoms with Crippen LogP contribution >= 0.6 is 11.3 Å². The molecular formula is C36H23NS. The third-order valence-corrected chi connectivity index (χ3v) is 8.84. The first-order valence-corrected chi connectivity index (χ1v) is 13.8. The van der Waals surface area contributed by atoms with E-state index in [0.29, 0.717) is 0 Å². The highest BCUT2D eigenvalue weighted by atomic mass is 32.1. The summed E-state index contributed by atoms with van der Waals surface area (Å²) >= 11 is 1.89. The zero-order chi connectivity index (χ0) is 25.1. The van der Waals surface area contributed by atoms with E-state index in [1.54, 1.807) is 0 Å². The topological polar surface area (TPSA) is 3.24 Å². The fourth-order valence-corrected chi connectivity index (χ4v) is 7.09. The minimum Gasteiger partial charge on any atom is -0.309 e. The maximum atomic E-state index is 2.43. The van der Waals surface area contributed by atoms with E-state index >= 15 is 0 Å². The molecule has 2 heteroatoms. The number of hydrogen-bond donors (Lipinski definition) is 0. The molecule has 0 saturated heterocycles. The van der Waals surface area contributed by atoms with Crippen molar-refractivity contribution in [3.8, 4) is 0 Å². The summed E-state index contributed by atoms with van der Waals surface area (Å²) in [6.45, 7) is 0. The molecule has 0 spiro atoms. The average Bonchev–Trinajstić information content (AvgIpc) is 3.37. The van der Waals surface area contributed by atoms with Gasteiger partial charge in [-0.2, -0.15) is 0 Å². The van der Waals surface area contributed by atoms with Gasteiger partial charge in [-0.25, -0.2) is 0 Å². The third kappa shape index (κ3) is 3.24. The zero-order valence-corrected chi connectivity index (χ0v) is 21.5. The predicted molar refractivity (Wildman–Crippen MR) is 167 cm³/mol. The molecule has 0 N–H and O–H groups in total. The Hall–Kier alpha value is -4.66. The quantitative estimate of drug-likeness (QED) is 0.233. The van der Waals surface area contributed by atoms with E-state index in [-0.39, 0.29) is 0 Å². The first-order chi connectivity index (χ1) is 18.8. The Labute approximate surface area is 224 Å². The lowest BCUT2D eigenvalue weighted by molar-refractivity contribution is 1.32. The highest BCUT2D eigenvalue weighted by Crippen LogP contribution is 2.44. The van der Waals surface area contributed by atoms with E-state index in [2.05, 4.69) is 144 Å². The molecule has 1 heterocycles. The number of thiophene rings is 1. The number of anilines is 3. The van der Waals surface area contributed by atoms with Gasteiger partial charge < -0.3 is 4.90 Å². The summed E-state index contributed by atoms with van der Waals surface area (Å²) in [5.41, 5.74) is 3.52.